The molecular weight excluding hydrogens is 220 g/mol. The highest BCUT2D eigenvalue weighted by Gasteiger charge is 1.99. The Bertz CT molecular complexity index is 337. The van der Waals surface area contributed by atoms with E-state index in [-0.39, 0.29) is 11.1 Å². The summed E-state index contributed by atoms with van der Waals surface area (Å²) in [5.74, 6) is 0.589. The van der Waals surface area contributed by atoms with E-state index in [1.165, 1.54) is 6.07 Å². The van der Waals surface area contributed by atoms with Crippen molar-refractivity contribution in [3.8, 4) is 0 Å². The number of nitrogens with zero attached hydrogens (tertiary/aromatic N) is 2. The zero-order valence-electron chi connectivity index (χ0n) is 7.83. The number of urea groups is 1. The van der Waals surface area contributed by atoms with Crippen LogP contribution in [0.15, 0.2) is 6.07 Å². The molecule has 0 aliphatic heterocycles. The van der Waals surface area contributed by atoms with Gasteiger partial charge in [0.1, 0.15) is 11.0 Å². The SMILES string of the molecule is NC(=O)NCCNc1cc(Cl)nc(N)n1. The van der Waals surface area contributed by atoms with Crippen LogP contribution in [0.1, 0.15) is 0 Å². The summed E-state index contributed by atoms with van der Waals surface area (Å²) in [6.45, 7) is 0.854. The number of nitrogens with two attached hydrogens (primary N) is 2. The third-order valence-corrected chi connectivity index (χ3v) is 1.64. The maximum absolute atomic E-state index is 10.3. The van der Waals surface area contributed by atoms with Gasteiger partial charge in [0, 0.05) is 19.2 Å². The number of hydrogen-bond donors (Lipinski definition) is 4. The Morgan fingerprint density at radius 2 is 2.20 bits per heavy atom. The smallest absolute Gasteiger partial charge is 0.312 e. The van der Waals surface area contributed by atoms with Gasteiger partial charge in [-0.2, -0.15) is 4.98 Å². The molecule has 0 saturated heterocycles. The van der Waals surface area contributed by atoms with E-state index in [1.54, 1.807) is 0 Å². The maximum Gasteiger partial charge on any atom is 0.312 e. The van der Waals surface area contributed by atoms with Crippen LogP contribution in [0.4, 0.5) is 16.6 Å². The van der Waals surface area contributed by atoms with Gasteiger partial charge in [0.2, 0.25) is 5.95 Å². The molecular formula is C7H11ClN6O. The fraction of sp³-hybridized carbons (Fsp3) is 0.286. The summed E-state index contributed by atoms with van der Waals surface area (Å²) in [4.78, 5) is 17.9. The standard InChI is InChI=1S/C7H11ClN6O/c8-4-3-5(14-6(9)13-4)11-1-2-12-7(10)15/h3H,1-2H2,(H3,10,12,15)(H3,9,11,13,14). The average Bonchev–Trinajstić information content (AvgIpc) is 2.10. The van der Waals surface area contributed by atoms with Crippen LogP contribution in [0.25, 0.3) is 0 Å². The molecule has 0 aliphatic carbocycles. The van der Waals surface area contributed by atoms with Crippen LogP contribution in [0.5, 0.6) is 0 Å². The predicted molar refractivity (Wildman–Crippen MR) is 57.5 cm³/mol. The second-order valence-electron chi connectivity index (χ2n) is 2.65. The third kappa shape index (κ3) is 4.32. The quantitative estimate of drug-likeness (QED) is 0.422. The molecule has 0 radical (unpaired) electrons. The van der Waals surface area contributed by atoms with Gasteiger partial charge >= 0.3 is 6.03 Å². The first-order valence-corrected chi connectivity index (χ1v) is 4.53. The Hall–Kier alpha value is -1.76. The van der Waals surface area contributed by atoms with E-state index in [0.717, 1.165) is 0 Å². The molecule has 8 heteroatoms. The summed E-state index contributed by atoms with van der Waals surface area (Å²) in [5.41, 5.74) is 10.3. The molecule has 2 amide bonds. The van der Waals surface area contributed by atoms with Gasteiger partial charge in [-0.05, 0) is 0 Å². The van der Waals surface area contributed by atoms with Crippen molar-refractivity contribution in [1.29, 1.82) is 0 Å². The van der Waals surface area contributed by atoms with E-state index >= 15 is 0 Å². The Morgan fingerprint density at radius 3 is 2.80 bits per heavy atom. The van der Waals surface area contributed by atoms with Gasteiger partial charge in [0.05, 0.1) is 0 Å². The molecule has 0 unspecified atom stereocenters. The van der Waals surface area contributed by atoms with Gasteiger partial charge in [0.25, 0.3) is 0 Å². The van der Waals surface area contributed by atoms with Gasteiger partial charge < -0.3 is 22.1 Å². The van der Waals surface area contributed by atoms with Gasteiger partial charge in [-0.15, -0.1) is 0 Å². The lowest BCUT2D eigenvalue weighted by atomic mass is 10.5. The highest BCUT2D eigenvalue weighted by Crippen LogP contribution is 2.11. The van der Waals surface area contributed by atoms with E-state index in [0.29, 0.717) is 18.9 Å². The summed E-state index contributed by atoms with van der Waals surface area (Å²) in [6.07, 6.45) is 0. The van der Waals surface area contributed by atoms with E-state index < -0.39 is 6.03 Å². The van der Waals surface area contributed by atoms with Crippen molar-refractivity contribution in [2.24, 2.45) is 5.73 Å². The van der Waals surface area contributed by atoms with Crippen molar-refractivity contribution in [2.75, 3.05) is 24.1 Å². The van der Waals surface area contributed by atoms with Gasteiger partial charge in [-0.3, -0.25) is 0 Å². The highest BCUT2D eigenvalue weighted by atomic mass is 35.5. The van der Waals surface area contributed by atoms with Crippen molar-refractivity contribution in [1.82, 2.24) is 15.3 Å². The molecule has 82 valence electrons. The van der Waals surface area contributed by atoms with Gasteiger partial charge in [-0.1, -0.05) is 11.6 Å². The summed E-state index contributed by atoms with van der Waals surface area (Å²) < 4.78 is 0. The molecule has 0 aliphatic rings. The molecule has 0 aromatic carbocycles. The molecule has 0 fully saturated rings. The maximum atomic E-state index is 10.3. The number of carbonyl (C=O) groups excluding carboxylic acids is 1. The van der Waals surface area contributed by atoms with Crippen molar-refractivity contribution in [3.05, 3.63) is 11.2 Å². The van der Waals surface area contributed by atoms with Crippen LogP contribution in [-0.2, 0) is 0 Å². The molecule has 0 bridgehead atoms. The van der Waals surface area contributed by atoms with Gasteiger partial charge in [-0.25, -0.2) is 9.78 Å². The zero-order valence-corrected chi connectivity index (χ0v) is 8.58. The second kappa shape index (κ2) is 5.20. The van der Waals surface area contributed by atoms with Crippen LogP contribution >= 0.6 is 11.6 Å². The summed E-state index contributed by atoms with van der Waals surface area (Å²) in [6, 6.07) is 0.958. The molecule has 1 aromatic rings. The molecule has 7 nitrogen and oxygen atoms in total. The van der Waals surface area contributed by atoms with Crippen LogP contribution in [0.3, 0.4) is 0 Å². The summed E-state index contributed by atoms with van der Waals surface area (Å²) in [7, 11) is 0. The normalized spacial score (nSPS) is 9.67. The number of hydrogen-bond acceptors (Lipinski definition) is 5. The number of rotatable bonds is 4. The minimum atomic E-state index is -0.572. The number of primary amides is 1. The van der Waals surface area contributed by atoms with Crippen molar-refractivity contribution < 1.29 is 4.79 Å². The third-order valence-electron chi connectivity index (χ3n) is 1.44. The molecule has 0 saturated carbocycles. The number of carbonyl (C=O) groups is 1. The minimum Gasteiger partial charge on any atom is -0.368 e. The Morgan fingerprint density at radius 1 is 1.47 bits per heavy atom. The fourth-order valence-electron chi connectivity index (χ4n) is 0.902. The predicted octanol–water partition coefficient (Wildman–Crippen LogP) is -0.208. The molecule has 1 aromatic heterocycles. The van der Waals surface area contributed by atoms with Crippen LogP contribution in [0.2, 0.25) is 5.15 Å². The van der Waals surface area contributed by atoms with E-state index in [4.69, 9.17) is 23.1 Å². The molecule has 6 N–H and O–H groups in total. The zero-order chi connectivity index (χ0) is 11.3. The first kappa shape index (κ1) is 11.3. The average molecular weight is 231 g/mol. The second-order valence-corrected chi connectivity index (χ2v) is 3.04. The largest absolute Gasteiger partial charge is 0.368 e. The van der Waals surface area contributed by atoms with Crippen LogP contribution in [-0.4, -0.2) is 29.1 Å². The van der Waals surface area contributed by atoms with Crippen molar-refractivity contribution in [3.63, 3.8) is 0 Å². The number of aromatic nitrogens is 2. The minimum absolute atomic E-state index is 0.0906. The number of halogens is 1. The van der Waals surface area contributed by atoms with Crippen LogP contribution in [0, 0.1) is 0 Å². The van der Waals surface area contributed by atoms with Crippen LogP contribution < -0.4 is 22.1 Å². The Kier molecular flexibility index (Phi) is 3.92. The number of anilines is 2. The van der Waals surface area contributed by atoms with Crippen molar-refractivity contribution in [2.45, 2.75) is 0 Å². The molecule has 1 rings (SSSR count). The fourth-order valence-corrected chi connectivity index (χ4v) is 1.09. The monoisotopic (exact) mass is 230 g/mol. The van der Waals surface area contributed by atoms with Gasteiger partial charge in [0.15, 0.2) is 0 Å². The first-order chi connectivity index (χ1) is 7.08. The molecule has 1 heterocycles. The van der Waals surface area contributed by atoms with E-state index in [9.17, 15) is 4.79 Å². The lowest BCUT2D eigenvalue weighted by Crippen LogP contribution is -2.33. The molecule has 15 heavy (non-hydrogen) atoms. The Labute approximate surface area is 91.2 Å². The summed E-state index contributed by atoms with van der Waals surface area (Å²) >= 11 is 5.65. The number of nitrogens with one attached hydrogen (secondary N) is 2. The molecule has 0 atom stereocenters. The van der Waals surface area contributed by atoms with Crippen molar-refractivity contribution >= 4 is 29.4 Å². The first-order valence-electron chi connectivity index (χ1n) is 4.15. The Balaban J connectivity index is 2.40. The lowest BCUT2D eigenvalue weighted by Gasteiger charge is -2.06. The van der Waals surface area contributed by atoms with E-state index in [1.807, 2.05) is 0 Å². The van der Waals surface area contributed by atoms with E-state index in [2.05, 4.69) is 20.6 Å². The number of nitrogen functional groups attached to an aromatic ring is 1. The summed E-state index contributed by atoms with van der Waals surface area (Å²) in [5, 5.41) is 5.57. The molecule has 0 spiro atoms. The highest BCUT2D eigenvalue weighted by molar-refractivity contribution is 6.29. The topological polar surface area (TPSA) is 119 Å². The number of amides is 2. The lowest BCUT2D eigenvalue weighted by molar-refractivity contribution is 0.249.